The molecule has 8 heteroatoms. The first kappa shape index (κ1) is 22.1. The first-order chi connectivity index (χ1) is 16.2. The molecule has 2 aromatic carbocycles. The molecule has 2 heterocycles. The molecule has 8 nitrogen and oxygen atoms in total. The van der Waals surface area contributed by atoms with Crippen LogP contribution in [0, 0.1) is 12.3 Å². The van der Waals surface area contributed by atoms with Gasteiger partial charge < -0.3 is 0 Å². The lowest BCUT2D eigenvalue weighted by Crippen LogP contribution is -2.07. The highest BCUT2D eigenvalue weighted by Gasteiger charge is 2.16. The van der Waals surface area contributed by atoms with E-state index in [9.17, 15) is 4.79 Å². The van der Waals surface area contributed by atoms with E-state index >= 15 is 0 Å². The number of aryl methyl sites for hydroxylation is 1. The van der Waals surface area contributed by atoms with Crippen molar-refractivity contribution in [2.24, 2.45) is 0 Å². The van der Waals surface area contributed by atoms with Crippen molar-refractivity contribution in [2.45, 2.75) is 45.6 Å². The molecule has 4 aromatic rings. The van der Waals surface area contributed by atoms with Crippen LogP contribution in [0.1, 0.15) is 54.6 Å². The molecule has 0 aliphatic heterocycles. The van der Waals surface area contributed by atoms with Gasteiger partial charge >= 0.3 is 0 Å². The van der Waals surface area contributed by atoms with Crippen LogP contribution in [-0.2, 0) is 13.0 Å². The minimum absolute atomic E-state index is 0.0222. The van der Waals surface area contributed by atoms with Crippen LogP contribution >= 0.6 is 0 Å². The van der Waals surface area contributed by atoms with E-state index in [0.29, 0.717) is 31.6 Å². The van der Waals surface area contributed by atoms with Gasteiger partial charge in [0, 0.05) is 24.8 Å². The molecule has 0 bridgehead atoms. The van der Waals surface area contributed by atoms with Gasteiger partial charge in [0.25, 0.3) is 0 Å². The molecular weight excluding hydrogens is 414 g/mol. The highest BCUT2D eigenvalue weighted by molar-refractivity contribution is 5.92. The predicted molar refractivity (Wildman–Crippen MR) is 125 cm³/mol. The second-order valence-corrected chi connectivity index (χ2v) is 7.71. The van der Waals surface area contributed by atoms with E-state index in [4.69, 9.17) is 6.42 Å². The van der Waals surface area contributed by atoms with Crippen molar-refractivity contribution in [1.82, 2.24) is 35.4 Å². The molecule has 0 unspecified atom stereocenters. The van der Waals surface area contributed by atoms with Gasteiger partial charge in [-0.05, 0) is 28.3 Å². The quantitative estimate of drug-likeness (QED) is 0.295. The minimum Gasteiger partial charge on any atom is -0.291 e. The van der Waals surface area contributed by atoms with Crippen molar-refractivity contribution < 1.29 is 4.79 Å². The summed E-state index contributed by atoms with van der Waals surface area (Å²) in [4.78, 5) is 17.0. The Morgan fingerprint density at radius 3 is 2.61 bits per heavy atom. The summed E-state index contributed by atoms with van der Waals surface area (Å²) in [6.45, 7) is 2.60. The number of tetrazole rings is 1. The van der Waals surface area contributed by atoms with Gasteiger partial charge in [0.05, 0.1) is 6.54 Å². The summed E-state index contributed by atoms with van der Waals surface area (Å²) in [6, 6.07) is 16.2. The van der Waals surface area contributed by atoms with Gasteiger partial charge in [-0.25, -0.2) is 9.67 Å². The average molecular weight is 440 g/mol. The molecule has 0 aliphatic carbocycles. The standard InChI is InChI=1S/C25H25N7O/c1-3-5-11-22(33)25-26-23(32(29-25)16-6-4-2)17-18-12-14-19(15-13-18)20-9-7-8-10-21(20)24-27-30-31-28-24/h2,7-10,12-15H,3,5-6,11,16-17H2,1H3,(H,27,28,30,31). The Balaban J connectivity index is 1.57. The fourth-order valence-electron chi connectivity index (χ4n) is 3.61. The fourth-order valence-corrected chi connectivity index (χ4v) is 3.61. The normalized spacial score (nSPS) is 10.8. The zero-order valence-electron chi connectivity index (χ0n) is 18.5. The molecule has 2 aromatic heterocycles. The van der Waals surface area contributed by atoms with Gasteiger partial charge in [0.2, 0.25) is 17.4 Å². The molecule has 1 N–H and O–H groups in total. The van der Waals surface area contributed by atoms with Crippen molar-refractivity contribution in [3.63, 3.8) is 0 Å². The second kappa shape index (κ2) is 10.5. The summed E-state index contributed by atoms with van der Waals surface area (Å²) in [7, 11) is 0. The molecular formula is C25H25N7O. The molecule has 0 aliphatic rings. The van der Waals surface area contributed by atoms with Gasteiger partial charge in [-0.3, -0.25) is 4.79 Å². The number of aromatic nitrogens is 7. The molecule has 0 atom stereocenters. The number of ketones is 1. The topological polar surface area (TPSA) is 102 Å². The highest BCUT2D eigenvalue weighted by atomic mass is 16.1. The molecule has 0 spiro atoms. The number of unbranched alkanes of at least 4 members (excludes halogenated alkanes) is 1. The lowest BCUT2D eigenvalue weighted by atomic mass is 9.98. The zero-order valence-corrected chi connectivity index (χ0v) is 18.5. The number of benzene rings is 2. The number of nitrogens with one attached hydrogen (secondary N) is 1. The maximum Gasteiger partial charge on any atom is 0.217 e. The Hall–Kier alpha value is -4.12. The van der Waals surface area contributed by atoms with Crippen LogP contribution in [0.15, 0.2) is 48.5 Å². The number of nitrogens with zero attached hydrogens (tertiary/aromatic N) is 6. The van der Waals surface area contributed by atoms with Gasteiger partial charge in [-0.1, -0.05) is 61.9 Å². The third kappa shape index (κ3) is 5.21. The summed E-state index contributed by atoms with van der Waals surface area (Å²) in [6.07, 6.45) is 8.78. The average Bonchev–Trinajstić information content (AvgIpc) is 3.52. The Morgan fingerprint density at radius 1 is 1.12 bits per heavy atom. The van der Waals surface area contributed by atoms with E-state index in [2.05, 4.69) is 67.8 Å². The van der Waals surface area contributed by atoms with Crippen molar-refractivity contribution in [3.05, 3.63) is 65.7 Å². The Bertz CT molecular complexity index is 1250. The number of H-pyrrole nitrogens is 1. The number of terminal acetylenes is 1. The van der Waals surface area contributed by atoms with Crippen molar-refractivity contribution >= 4 is 5.78 Å². The highest BCUT2D eigenvalue weighted by Crippen LogP contribution is 2.30. The van der Waals surface area contributed by atoms with E-state index in [1.165, 1.54) is 0 Å². The first-order valence-corrected chi connectivity index (χ1v) is 11.0. The van der Waals surface area contributed by atoms with Crippen LogP contribution in [0.2, 0.25) is 0 Å². The maximum atomic E-state index is 12.4. The monoisotopic (exact) mass is 439 g/mol. The maximum absolute atomic E-state index is 12.4. The number of Topliss-reactive ketones (excluding diaryl/α,β-unsaturated/α-hetero) is 1. The summed E-state index contributed by atoms with van der Waals surface area (Å²) in [5, 5.41) is 18.8. The number of carbonyl (C=O) groups excluding carboxylic acids is 1. The van der Waals surface area contributed by atoms with Gasteiger partial charge in [0.15, 0.2) is 0 Å². The van der Waals surface area contributed by atoms with E-state index in [1.807, 2.05) is 24.3 Å². The minimum atomic E-state index is -0.0222. The van der Waals surface area contributed by atoms with E-state index in [-0.39, 0.29) is 11.6 Å². The summed E-state index contributed by atoms with van der Waals surface area (Å²) in [5.41, 5.74) is 4.04. The van der Waals surface area contributed by atoms with Crippen LogP contribution in [0.5, 0.6) is 0 Å². The van der Waals surface area contributed by atoms with E-state index in [1.54, 1.807) is 4.68 Å². The van der Waals surface area contributed by atoms with Gasteiger partial charge in [-0.15, -0.1) is 27.6 Å². The van der Waals surface area contributed by atoms with Crippen LogP contribution < -0.4 is 0 Å². The molecule has 0 amide bonds. The number of rotatable bonds is 10. The van der Waals surface area contributed by atoms with E-state index < -0.39 is 0 Å². The molecule has 0 saturated heterocycles. The molecule has 0 radical (unpaired) electrons. The Labute approximate surface area is 192 Å². The Kier molecular flexibility index (Phi) is 7.00. The molecule has 166 valence electrons. The lowest BCUT2D eigenvalue weighted by Gasteiger charge is -2.08. The van der Waals surface area contributed by atoms with Gasteiger partial charge in [-0.2, -0.15) is 5.21 Å². The molecule has 4 rings (SSSR count). The summed E-state index contributed by atoms with van der Waals surface area (Å²) < 4.78 is 1.76. The fraction of sp³-hybridized carbons (Fsp3) is 0.280. The summed E-state index contributed by atoms with van der Waals surface area (Å²) >= 11 is 0. The van der Waals surface area contributed by atoms with Crippen LogP contribution in [0.25, 0.3) is 22.5 Å². The van der Waals surface area contributed by atoms with Crippen LogP contribution in [-0.4, -0.2) is 41.2 Å². The van der Waals surface area contributed by atoms with Crippen molar-refractivity contribution in [2.75, 3.05) is 0 Å². The Morgan fingerprint density at radius 2 is 1.91 bits per heavy atom. The lowest BCUT2D eigenvalue weighted by molar-refractivity contribution is 0.0969. The van der Waals surface area contributed by atoms with Crippen LogP contribution in [0.3, 0.4) is 0 Å². The number of carbonyl (C=O) groups is 1. The molecule has 0 fully saturated rings. The summed E-state index contributed by atoms with van der Waals surface area (Å²) in [5.74, 6) is 4.18. The number of hydrogen-bond acceptors (Lipinski definition) is 6. The van der Waals surface area contributed by atoms with Crippen molar-refractivity contribution in [3.8, 4) is 34.9 Å². The van der Waals surface area contributed by atoms with Crippen LogP contribution in [0.4, 0.5) is 0 Å². The predicted octanol–water partition coefficient (Wildman–Crippen LogP) is 4.11. The first-order valence-electron chi connectivity index (χ1n) is 11.0. The third-order valence-corrected chi connectivity index (χ3v) is 5.36. The molecule has 33 heavy (non-hydrogen) atoms. The SMILES string of the molecule is C#CCCn1nc(C(=O)CCCC)nc1Cc1ccc(-c2ccccc2-c2nn[nH]n2)cc1. The van der Waals surface area contributed by atoms with Gasteiger partial charge in [0.1, 0.15) is 5.82 Å². The molecule has 0 saturated carbocycles. The largest absolute Gasteiger partial charge is 0.291 e. The second-order valence-electron chi connectivity index (χ2n) is 7.71. The third-order valence-electron chi connectivity index (χ3n) is 5.36. The number of aromatic amines is 1. The number of hydrogen-bond donors (Lipinski definition) is 1. The van der Waals surface area contributed by atoms with E-state index in [0.717, 1.165) is 40.9 Å². The zero-order chi connectivity index (χ0) is 23.0. The van der Waals surface area contributed by atoms with Crippen molar-refractivity contribution in [1.29, 1.82) is 0 Å². The smallest absolute Gasteiger partial charge is 0.217 e.